The van der Waals surface area contributed by atoms with E-state index in [4.69, 9.17) is 0 Å². The van der Waals surface area contributed by atoms with Gasteiger partial charge in [-0.25, -0.2) is 0 Å². The minimum Gasteiger partial charge on any atom is -0.0839 e. The highest BCUT2D eigenvalue weighted by atomic mass is 14.2. The normalized spacial score (nSPS) is 19.6. The van der Waals surface area contributed by atoms with E-state index in [0.717, 1.165) is 5.92 Å². The lowest BCUT2D eigenvalue weighted by molar-refractivity contribution is 0.561. The van der Waals surface area contributed by atoms with Gasteiger partial charge in [0, 0.05) is 0 Å². The molecule has 0 saturated carbocycles. The van der Waals surface area contributed by atoms with E-state index >= 15 is 0 Å². The average molecular weight is 212 g/mol. The van der Waals surface area contributed by atoms with Crippen molar-refractivity contribution in [3.63, 3.8) is 0 Å². The van der Waals surface area contributed by atoms with Gasteiger partial charge in [-0.2, -0.15) is 0 Å². The Bertz CT molecular complexity index is 410. The SMILES string of the molecule is CC1=CC=CCC1CCc1ccccc1C. The van der Waals surface area contributed by atoms with Crippen LogP contribution in [0.2, 0.25) is 0 Å². The van der Waals surface area contributed by atoms with E-state index in [2.05, 4.69) is 56.3 Å². The smallest absolute Gasteiger partial charge is 0.0165 e. The van der Waals surface area contributed by atoms with E-state index in [1.165, 1.54) is 36.0 Å². The third kappa shape index (κ3) is 2.63. The standard InChI is InChI=1S/C16H20/c1-13-7-3-5-9-15(13)11-12-16-10-6-4-8-14(16)2/h3-9,16H,10-12H2,1-2H3. The summed E-state index contributed by atoms with van der Waals surface area (Å²) in [6, 6.07) is 8.73. The molecule has 1 aliphatic carbocycles. The molecule has 0 bridgehead atoms. The maximum Gasteiger partial charge on any atom is -0.0165 e. The molecule has 1 aromatic rings. The molecule has 16 heavy (non-hydrogen) atoms. The van der Waals surface area contributed by atoms with E-state index in [0.29, 0.717) is 0 Å². The Kier molecular flexibility index (Phi) is 3.61. The lowest BCUT2D eigenvalue weighted by atomic mass is 9.87. The van der Waals surface area contributed by atoms with Gasteiger partial charge in [-0.05, 0) is 50.2 Å². The summed E-state index contributed by atoms with van der Waals surface area (Å²) in [6.45, 7) is 4.46. The molecular formula is C16H20. The number of hydrogen-bond donors (Lipinski definition) is 0. The predicted octanol–water partition coefficient (Wildman–Crippen LogP) is 4.45. The lowest BCUT2D eigenvalue weighted by Gasteiger charge is -2.19. The van der Waals surface area contributed by atoms with Crippen LogP contribution in [-0.2, 0) is 6.42 Å². The van der Waals surface area contributed by atoms with Crippen molar-refractivity contribution in [1.29, 1.82) is 0 Å². The fourth-order valence-corrected chi connectivity index (χ4v) is 2.35. The summed E-state index contributed by atoms with van der Waals surface area (Å²) in [6.07, 6.45) is 10.4. The highest BCUT2D eigenvalue weighted by Gasteiger charge is 2.11. The average Bonchev–Trinajstić information content (AvgIpc) is 2.30. The number of rotatable bonds is 3. The minimum atomic E-state index is 0.754. The second kappa shape index (κ2) is 5.16. The summed E-state index contributed by atoms with van der Waals surface area (Å²) in [7, 11) is 0. The summed E-state index contributed by atoms with van der Waals surface area (Å²) in [5.41, 5.74) is 4.47. The van der Waals surface area contributed by atoms with Crippen LogP contribution in [0.3, 0.4) is 0 Å². The summed E-state index contributed by atoms with van der Waals surface area (Å²) >= 11 is 0. The Labute approximate surface area is 98.7 Å². The van der Waals surface area contributed by atoms with Crippen LogP contribution in [0.4, 0.5) is 0 Å². The molecule has 1 unspecified atom stereocenters. The predicted molar refractivity (Wildman–Crippen MR) is 70.5 cm³/mol. The van der Waals surface area contributed by atoms with Crippen LogP contribution in [0, 0.1) is 12.8 Å². The molecule has 0 nitrogen and oxygen atoms in total. The molecule has 0 aliphatic heterocycles. The number of hydrogen-bond acceptors (Lipinski definition) is 0. The highest BCUT2D eigenvalue weighted by Crippen LogP contribution is 2.25. The lowest BCUT2D eigenvalue weighted by Crippen LogP contribution is -2.05. The molecule has 2 rings (SSSR count). The van der Waals surface area contributed by atoms with Crippen LogP contribution in [-0.4, -0.2) is 0 Å². The monoisotopic (exact) mass is 212 g/mol. The minimum absolute atomic E-state index is 0.754. The molecule has 0 heteroatoms. The Morgan fingerprint density at radius 3 is 2.75 bits per heavy atom. The van der Waals surface area contributed by atoms with Gasteiger partial charge in [0.15, 0.2) is 0 Å². The Hall–Kier alpha value is -1.30. The zero-order valence-corrected chi connectivity index (χ0v) is 10.2. The highest BCUT2D eigenvalue weighted by molar-refractivity contribution is 5.26. The van der Waals surface area contributed by atoms with Gasteiger partial charge in [-0.15, -0.1) is 0 Å². The number of aryl methyl sites for hydroxylation is 2. The largest absolute Gasteiger partial charge is 0.0839 e. The summed E-state index contributed by atoms with van der Waals surface area (Å²) in [5.74, 6) is 0.754. The molecular weight excluding hydrogens is 192 g/mol. The molecule has 0 N–H and O–H groups in total. The van der Waals surface area contributed by atoms with Crippen molar-refractivity contribution in [3.05, 3.63) is 59.2 Å². The van der Waals surface area contributed by atoms with Crippen molar-refractivity contribution in [1.82, 2.24) is 0 Å². The van der Waals surface area contributed by atoms with Crippen molar-refractivity contribution in [2.45, 2.75) is 33.1 Å². The quantitative estimate of drug-likeness (QED) is 0.694. The second-order valence-corrected chi connectivity index (χ2v) is 4.74. The van der Waals surface area contributed by atoms with Gasteiger partial charge in [0.2, 0.25) is 0 Å². The van der Waals surface area contributed by atoms with E-state index in [1.807, 2.05) is 0 Å². The van der Waals surface area contributed by atoms with Crippen molar-refractivity contribution < 1.29 is 0 Å². The van der Waals surface area contributed by atoms with Gasteiger partial charge < -0.3 is 0 Å². The molecule has 1 aromatic carbocycles. The van der Waals surface area contributed by atoms with Gasteiger partial charge in [0.1, 0.15) is 0 Å². The van der Waals surface area contributed by atoms with Crippen molar-refractivity contribution in [3.8, 4) is 0 Å². The third-order valence-corrected chi connectivity index (χ3v) is 3.58. The van der Waals surface area contributed by atoms with Gasteiger partial charge in [-0.1, -0.05) is 48.1 Å². The Morgan fingerprint density at radius 2 is 2.00 bits per heavy atom. The molecule has 0 heterocycles. The fraction of sp³-hybridized carbons (Fsp3) is 0.375. The summed E-state index contributed by atoms with van der Waals surface area (Å²) in [5, 5.41) is 0. The van der Waals surface area contributed by atoms with Crippen molar-refractivity contribution >= 4 is 0 Å². The Balaban J connectivity index is 1.95. The topological polar surface area (TPSA) is 0 Å². The van der Waals surface area contributed by atoms with Crippen LogP contribution in [0.15, 0.2) is 48.1 Å². The van der Waals surface area contributed by atoms with Gasteiger partial charge in [0.25, 0.3) is 0 Å². The zero-order chi connectivity index (χ0) is 11.4. The van der Waals surface area contributed by atoms with Gasteiger partial charge >= 0.3 is 0 Å². The molecule has 0 saturated heterocycles. The van der Waals surface area contributed by atoms with E-state index in [9.17, 15) is 0 Å². The first kappa shape index (κ1) is 11.2. The first-order valence-electron chi connectivity index (χ1n) is 6.15. The number of benzene rings is 1. The van der Waals surface area contributed by atoms with Crippen LogP contribution >= 0.6 is 0 Å². The van der Waals surface area contributed by atoms with Crippen molar-refractivity contribution in [2.24, 2.45) is 5.92 Å². The molecule has 0 amide bonds. The van der Waals surface area contributed by atoms with Crippen LogP contribution < -0.4 is 0 Å². The van der Waals surface area contributed by atoms with Crippen LogP contribution in [0.1, 0.15) is 30.9 Å². The van der Waals surface area contributed by atoms with Gasteiger partial charge in [0.05, 0.1) is 0 Å². The van der Waals surface area contributed by atoms with Crippen LogP contribution in [0.5, 0.6) is 0 Å². The molecule has 0 radical (unpaired) electrons. The molecule has 84 valence electrons. The molecule has 0 fully saturated rings. The molecule has 1 aliphatic rings. The first-order valence-corrected chi connectivity index (χ1v) is 6.15. The molecule has 0 spiro atoms. The maximum atomic E-state index is 2.29. The Morgan fingerprint density at radius 1 is 1.19 bits per heavy atom. The summed E-state index contributed by atoms with van der Waals surface area (Å²) < 4.78 is 0. The first-order chi connectivity index (χ1) is 7.77. The van der Waals surface area contributed by atoms with E-state index < -0.39 is 0 Å². The van der Waals surface area contributed by atoms with E-state index in [-0.39, 0.29) is 0 Å². The van der Waals surface area contributed by atoms with Gasteiger partial charge in [-0.3, -0.25) is 0 Å². The maximum absolute atomic E-state index is 2.29. The van der Waals surface area contributed by atoms with Crippen molar-refractivity contribution in [2.75, 3.05) is 0 Å². The summed E-state index contributed by atoms with van der Waals surface area (Å²) in [4.78, 5) is 0. The third-order valence-electron chi connectivity index (χ3n) is 3.58. The number of allylic oxidation sites excluding steroid dienone is 4. The molecule has 0 aromatic heterocycles. The second-order valence-electron chi connectivity index (χ2n) is 4.74. The van der Waals surface area contributed by atoms with Crippen LogP contribution in [0.25, 0.3) is 0 Å². The zero-order valence-electron chi connectivity index (χ0n) is 10.2. The fourth-order valence-electron chi connectivity index (χ4n) is 2.35. The van der Waals surface area contributed by atoms with E-state index in [1.54, 1.807) is 0 Å². The molecule has 1 atom stereocenters.